The number of benzene rings is 1. The number of aliphatic carboxylic acids is 1. The first kappa shape index (κ1) is 14.5. The van der Waals surface area contributed by atoms with Gasteiger partial charge in [-0.2, -0.15) is 0 Å². The number of carbonyl (C=O) groups excluding carboxylic acids is 1. The highest BCUT2D eigenvalue weighted by atomic mass is 16.4. The van der Waals surface area contributed by atoms with Crippen LogP contribution in [-0.4, -0.2) is 40.0 Å². The Balaban J connectivity index is 1.96. The summed E-state index contributed by atoms with van der Waals surface area (Å²) >= 11 is 0. The standard InChI is InChI=1S/C17H18N2O3/c1-11-6-7-14(15-13(11)5-2-8-18-15)16(20)19-9-3-4-12(10-19)17(21)22/h2,5-8,12H,3-4,9-10H2,1H3,(H,21,22). The zero-order valence-corrected chi connectivity index (χ0v) is 12.5. The Labute approximate surface area is 128 Å². The largest absolute Gasteiger partial charge is 0.481 e. The number of likely N-dealkylation sites (tertiary alicyclic amines) is 1. The van der Waals surface area contributed by atoms with Crippen LogP contribution in [0.4, 0.5) is 0 Å². The van der Waals surface area contributed by atoms with E-state index in [1.54, 1.807) is 17.2 Å². The van der Waals surface area contributed by atoms with Crippen LogP contribution in [0.15, 0.2) is 30.5 Å². The molecule has 1 amide bonds. The topological polar surface area (TPSA) is 70.5 Å². The van der Waals surface area contributed by atoms with Crippen LogP contribution in [0, 0.1) is 12.8 Å². The first-order valence-corrected chi connectivity index (χ1v) is 7.44. The molecule has 1 aliphatic rings. The number of pyridine rings is 1. The van der Waals surface area contributed by atoms with Crippen molar-refractivity contribution in [1.82, 2.24) is 9.88 Å². The highest BCUT2D eigenvalue weighted by Gasteiger charge is 2.29. The molecule has 1 aliphatic heterocycles. The van der Waals surface area contributed by atoms with Gasteiger partial charge < -0.3 is 10.0 Å². The quantitative estimate of drug-likeness (QED) is 0.924. The summed E-state index contributed by atoms with van der Waals surface area (Å²) in [4.78, 5) is 29.9. The van der Waals surface area contributed by atoms with Crippen LogP contribution >= 0.6 is 0 Å². The highest BCUT2D eigenvalue weighted by Crippen LogP contribution is 2.24. The number of carbonyl (C=O) groups is 2. The number of carboxylic acids is 1. The van der Waals surface area contributed by atoms with Gasteiger partial charge in [0, 0.05) is 24.7 Å². The maximum Gasteiger partial charge on any atom is 0.308 e. The van der Waals surface area contributed by atoms with Gasteiger partial charge in [-0.3, -0.25) is 14.6 Å². The monoisotopic (exact) mass is 298 g/mol. The molecule has 114 valence electrons. The van der Waals surface area contributed by atoms with Gasteiger partial charge in [-0.15, -0.1) is 0 Å². The zero-order chi connectivity index (χ0) is 15.7. The van der Waals surface area contributed by atoms with Crippen LogP contribution in [0.3, 0.4) is 0 Å². The summed E-state index contributed by atoms with van der Waals surface area (Å²) in [6.45, 7) is 2.86. The number of fused-ring (bicyclic) bond motifs is 1. The second-order valence-electron chi connectivity index (χ2n) is 5.76. The van der Waals surface area contributed by atoms with Crippen LogP contribution in [0.25, 0.3) is 10.9 Å². The number of aryl methyl sites for hydroxylation is 1. The minimum Gasteiger partial charge on any atom is -0.481 e. The first-order chi connectivity index (χ1) is 10.6. The average molecular weight is 298 g/mol. The van der Waals surface area contributed by atoms with E-state index in [4.69, 9.17) is 5.11 Å². The molecule has 1 saturated heterocycles. The fourth-order valence-corrected chi connectivity index (χ4v) is 3.02. The highest BCUT2D eigenvalue weighted by molar-refractivity contribution is 6.06. The molecule has 0 radical (unpaired) electrons. The summed E-state index contributed by atoms with van der Waals surface area (Å²) in [6, 6.07) is 7.50. The average Bonchev–Trinajstić information content (AvgIpc) is 2.55. The Hall–Kier alpha value is -2.43. The minimum atomic E-state index is -0.829. The first-order valence-electron chi connectivity index (χ1n) is 7.44. The van der Waals surface area contributed by atoms with Crippen LogP contribution in [-0.2, 0) is 4.79 Å². The fourth-order valence-electron chi connectivity index (χ4n) is 3.02. The number of piperidine rings is 1. The zero-order valence-electron chi connectivity index (χ0n) is 12.5. The summed E-state index contributed by atoms with van der Waals surface area (Å²) < 4.78 is 0. The Morgan fingerprint density at radius 2 is 2.14 bits per heavy atom. The lowest BCUT2D eigenvalue weighted by atomic mass is 9.97. The molecular formula is C17H18N2O3. The normalized spacial score (nSPS) is 18.4. The molecule has 1 fully saturated rings. The Morgan fingerprint density at radius 3 is 2.91 bits per heavy atom. The maximum absolute atomic E-state index is 12.8. The summed E-state index contributed by atoms with van der Waals surface area (Å²) in [5.74, 6) is -1.43. The second kappa shape index (κ2) is 5.75. The molecule has 1 aromatic heterocycles. The molecule has 22 heavy (non-hydrogen) atoms. The third kappa shape index (κ3) is 2.54. The third-order valence-electron chi connectivity index (χ3n) is 4.28. The smallest absolute Gasteiger partial charge is 0.308 e. The van der Waals surface area contributed by atoms with Crippen molar-refractivity contribution in [3.05, 3.63) is 41.6 Å². The van der Waals surface area contributed by atoms with E-state index >= 15 is 0 Å². The van der Waals surface area contributed by atoms with Gasteiger partial charge in [-0.1, -0.05) is 12.1 Å². The lowest BCUT2D eigenvalue weighted by Gasteiger charge is -2.31. The second-order valence-corrected chi connectivity index (χ2v) is 5.76. The summed E-state index contributed by atoms with van der Waals surface area (Å²) in [5, 5.41) is 10.1. The molecular weight excluding hydrogens is 280 g/mol. The molecule has 1 atom stereocenters. The molecule has 2 aromatic rings. The predicted octanol–water partition coefficient (Wildman–Crippen LogP) is 2.48. The third-order valence-corrected chi connectivity index (χ3v) is 4.28. The van der Waals surface area contributed by atoms with Crippen molar-refractivity contribution in [3.8, 4) is 0 Å². The molecule has 2 heterocycles. The van der Waals surface area contributed by atoms with Crippen LogP contribution in [0.1, 0.15) is 28.8 Å². The van der Waals surface area contributed by atoms with Crippen molar-refractivity contribution < 1.29 is 14.7 Å². The van der Waals surface area contributed by atoms with Crippen molar-refractivity contribution in [2.45, 2.75) is 19.8 Å². The lowest BCUT2D eigenvalue weighted by molar-refractivity contribution is -0.143. The van der Waals surface area contributed by atoms with Gasteiger partial charge >= 0.3 is 5.97 Å². The molecule has 0 aliphatic carbocycles. The Kier molecular flexibility index (Phi) is 3.79. The fraction of sp³-hybridized carbons (Fsp3) is 0.353. The molecule has 0 saturated carbocycles. The van der Waals surface area contributed by atoms with Crippen molar-refractivity contribution in [1.29, 1.82) is 0 Å². The van der Waals surface area contributed by atoms with E-state index in [-0.39, 0.29) is 12.5 Å². The van der Waals surface area contributed by atoms with E-state index in [0.717, 1.165) is 17.4 Å². The number of aromatic nitrogens is 1. The number of hydrogen-bond acceptors (Lipinski definition) is 3. The van der Waals surface area contributed by atoms with Crippen LogP contribution < -0.4 is 0 Å². The molecule has 5 heteroatoms. The van der Waals surface area contributed by atoms with Gasteiger partial charge in [0.1, 0.15) is 0 Å². The van der Waals surface area contributed by atoms with E-state index in [1.165, 1.54) is 0 Å². The minimum absolute atomic E-state index is 0.130. The number of nitrogens with zero attached hydrogens (tertiary/aromatic N) is 2. The molecule has 0 bridgehead atoms. The van der Waals surface area contributed by atoms with Crippen LogP contribution in [0.2, 0.25) is 0 Å². The molecule has 1 aromatic carbocycles. The van der Waals surface area contributed by atoms with E-state index in [0.29, 0.717) is 24.0 Å². The maximum atomic E-state index is 12.8. The van der Waals surface area contributed by atoms with Gasteiger partial charge in [0.25, 0.3) is 5.91 Å². The van der Waals surface area contributed by atoms with E-state index in [2.05, 4.69) is 4.98 Å². The SMILES string of the molecule is Cc1ccc(C(=O)N2CCCC(C(=O)O)C2)c2ncccc12. The summed E-state index contributed by atoms with van der Waals surface area (Å²) in [6.07, 6.45) is 3.03. The van der Waals surface area contributed by atoms with E-state index < -0.39 is 11.9 Å². The Morgan fingerprint density at radius 1 is 1.32 bits per heavy atom. The predicted molar refractivity (Wildman–Crippen MR) is 82.7 cm³/mol. The van der Waals surface area contributed by atoms with Crippen molar-refractivity contribution in [3.63, 3.8) is 0 Å². The Bertz CT molecular complexity index is 742. The van der Waals surface area contributed by atoms with Gasteiger partial charge in [-0.05, 0) is 37.5 Å². The van der Waals surface area contributed by atoms with Gasteiger partial charge in [0.05, 0.1) is 17.0 Å². The number of amides is 1. The molecule has 0 spiro atoms. The van der Waals surface area contributed by atoms with Gasteiger partial charge in [0.2, 0.25) is 0 Å². The molecule has 3 rings (SSSR count). The van der Waals surface area contributed by atoms with Crippen molar-refractivity contribution in [2.24, 2.45) is 5.92 Å². The lowest BCUT2D eigenvalue weighted by Crippen LogP contribution is -2.42. The van der Waals surface area contributed by atoms with Crippen LogP contribution in [0.5, 0.6) is 0 Å². The van der Waals surface area contributed by atoms with E-state index in [1.807, 2.05) is 25.1 Å². The number of rotatable bonds is 2. The molecule has 1 N–H and O–H groups in total. The molecule has 1 unspecified atom stereocenters. The van der Waals surface area contributed by atoms with Gasteiger partial charge in [-0.25, -0.2) is 0 Å². The van der Waals surface area contributed by atoms with Crippen molar-refractivity contribution >= 4 is 22.8 Å². The molecule has 5 nitrogen and oxygen atoms in total. The van der Waals surface area contributed by atoms with Gasteiger partial charge in [0.15, 0.2) is 0 Å². The summed E-state index contributed by atoms with van der Waals surface area (Å²) in [7, 11) is 0. The van der Waals surface area contributed by atoms with E-state index in [9.17, 15) is 9.59 Å². The van der Waals surface area contributed by atoms with Crippen molar-refractivity contribution in [2.75, 3.05) is 13.1 Å². The number of hydrogen-bond donors (Lipinski definition) is 1. The summed E-state index contributed by atoms with van der Waals surface area (Å²) in [5.41, 5.74) is 2.30. The number of carboxylic acid groups (broad SMARTS) is 1.